The van der Waals surface area contributed by atoms with Gasteiger partial charge in [-0.25, -0.2) is 0 Å². The van der Waals surface area contributed by atoms with E-state index in [0.717, 1.165) is 19.1 Å². The Morgan fingerprint density at radius 1 is 1.67 bits per heavy atom. The molecule has 1 aliphatic heterocycles. The second-order valence-electron chi connectivity index (χ2n) is 3.22. The summed E-state index contributed by atoms with van der Waals surface area (Å²) in [6.45, 7) is 2.03. The molecule has 0 aromatic heterocycles. The highest BCUT2D eigenvalue weighted by atomic mass is 79.9. The van der Waals surface area contributed by atoms with Gasteiger partial charge in [0.1, 0.15) is 0 Å². The first-order valence-corrected chi connectivity index (χ1v) is 4.63. The first-order valence-electron chi connectivity index (χ1n) is 3.51. The largest absolute Gasteiger partial charge is 0.381 e. The Hall–Kier alpha value is 0.440. The molecule has 2 rings (SSSR count). The van der Waals surface area contributed by atoms with Crippen LogP contribution in [0.15, 0.2) is 0 Å². The fourth-order valence-electron chi connectivity index (χ4n) is 1.76. The third-order valence-corrected chi connectivity index (χ3v) is 3.46. The molecule has 0 N–H and O–H groups in total. The zero-order valence-electron chi connectivity index (χ0n) is 5.40. The summed E-state index contributed by atoms with van der Waals surface area (Å²) in [6, 6.07) is 0. The smallest absolute Gasteiger partial charge is 0.0526 e. The van der Waals surface area contributed by atoms with Gasteiger partial charge in [-0.3, -0.25) is 0 Å². The molecule has 2 aliphatic rings. The van der Waals surface area contributed by atoms with Gasteiger partial charge < -0.3 is 4.74 Å². The molecule has 0 unspecified atom stereocenters. The number of rotatable bonds is 1. The molecule has 1 aliphatic carbocycles. The van der Waals surface area contributed by atoms with Crippen LogP contribution in [0.25, 0.3) is 0 Å². The molecule has 0 bridgehead atoms. The highest BCUT2D eigenvalue weighted by Gasteiger charge is 2.55. The molecule has 0 amide bonds. The molecule has 52 valence electrons. The topological polar surface area (TPSA) is 9.23 Å². The Bertz CT molecular complexity index is 118. The molecule has 1 saturated carbocycles. The zero-order valence-corrected chi connectivity index (χ0v) is 6.99. The maximum atomic E-state index is 5.33. The summed E-state index contributed by atoms with van der Waals surface area (Å²) < 4.78 is 5.33. The molecular formula is C7H11BrO. The van der Waals surface area contributed by atoms with Crippen molar-refractivity contribution >= 4 is 15.9 Å². The minimum atomic E-state index is 0.642. The van der Waals surface area contributed by atoms with Crippen LogP contribution in [0.2, 0.25) is 0 Å². The van der Waals surface area contributed by atoms with Crippen molar-refractivity contribution in [2.75, 3.05) is 18.5 Å². The van der Waals surface area contributed by atoms with Crippen molar-refractivity contribution in [1.82, 2.24) is 0 Å². The summed E-state index contributed by atoms with van der Waals surface area (Å²) in [5.41, 5.74) is 0.642. The van der Waals surface area contributed by atoms with Crippen LogP contribution < -0.4 is 0 Å². The minimum absolute atomic E-state index is 0.642. The Morgan fingerprint density at radius 2 is 2.56 bits per heavy atom. The fraction of sp³-hybridized carbons (Fsp3) is 1.00. The van der Waals surface area contributed by atoms with Crippen molar-refractivity contribution in [2.45, 2.75) is 12.8 Å². The molecule has 1 saturated heterocycles. The van der Waals surface area contributed by atoms with Gasteiger partial charge in [0.2, 0.25) is 0 Å². The first kappa shape index (κ1) is 6.17. The van der Waals surface area contributed by atoms with Gasteiger partial charge >= 0.3 is 0 Å². The molecule has 2 atom stereocenters. The lowest BCUT2D eigenvalue weighted by Crippen LogP contribution is -2.02. The molecule has 9 heavy (non-hydrogen) atoms. The lowest BCUT2D eigenvalue weighted by Gasteiger charge is -2.01. The Morgan fingerprint density at radius 3 is 3.00 bits per heavy atom. The Kier molecular flexibility index (Phi) is 1.34. The van der Waals surface area contributed by atoms with E-state index < -0.39 is 0 Å². The van der Waals surface area contributed by atoms with Crippen molar-refractivity contribution < 1.29 is 4.74 Å². The molecule has 0 radical (unpaired) electrons. The molecule has 0 aromatic carbocycles. The summed E-state index contributed by atoms with van der Waals surface area (Å²) in [5, 5.41) is 1.18. The van der Waals surface area contributed by atoms with Crippen LogP contribution in [0.1, 0.15) is 12.8 Å². The van der Waals surface area contributed by atoms with Gasteiger partial charge in [0.15, 0.2) is 0 Å². The normalized spacial score (nSPS) is 48.3. The predicted molar refractivity (Wildman–Crippen MR) is 39.8 cm³/mol. The average molecular weight is 191 g/mol. The van der Waals surface area contributed by atoms with E-state index in [-0.39, 0.29) is 0 Å². The lowest BCUT2D eigenvalue weighted by atomic mass is 10.0. The van der Waals surface area contributed by atoms with E-state index in [1.165, 1.54) is 18.2 Å². The number of hydrogen-bond donors (Lipinski definition) is 0. The average Bonchev–Trinajstić information content (AvgIpc) is 2.30. The molecule has 1 nitrogen and oxygen atoms in total. The molecular weight excluding hydrogens is 180 g/mol. The van der Waals surface area contributed by atoms with Gasteiger partial charge in [0.25, 0.3) is 0 Å². The van der Waals surface area contributed by atoms with Crippen LogP contribution in [0.3, 0.4) is 0 Å². The summed E-state index contributed by atoms with van der Waals surface area (Å²) in [6.07, 6.45) is 2.71. The molecule has 1 heterocycles. The van der Waals surface area contributed by atoms with Gasteiger partial charge in [0, 0.05) is 11.9 Å². The van der Waals surface area contributed by atoms with E-state index in [2.05, 4.69) is 15.9 Å². The van der Waals surface area contributed by atoms with Crippen LogP contribution in [0, 0.1) is 11.3 Å². The minimum Gasteiger partial charge on any atom is -0.381 e. The van der Waals surface area contributed by atoms with Crippen molar-refractivity contribution in [2.24, 2.45) is 11.3 Å². The van der Waals surface area contributed by atoms with Gasteiger partial charge in [-0.1, -0.05) is 15.9 Å². The number of alkyl halides is 1. The Labute approximate surface area is 63.9 Å². The van der Waals surface area contributed by atoms with Crippen LogP contribution in [0.5, 0.6) is 0 Å². The van der Waals surface area contributed by atoms with Gasteiger partial charge in [-0.2, -0.15) is 0 Å². The van der Waals surface area contributed by atoms with E-state index in [1.54, 1.807) is 0 Å². The standard InChI is InChI=1S/C7H11BrO/c8-4-6-3-7(6)1-2-9-5-7/h6H,1-5H2/t6-,7-/m1/s1. The number of hydrogen-bond acceptors (Lipinski definition) is 1. The third kappa shape index (κ3) is 0.838. The Balaban J connectivity index is 1.97. The monoisotopic (exact) mass is 190 g/mol. The van der Waals surface area contributed by atoms with Crippen molar-refractivity contribution in [3.05, 3.63) is 0 Å². The van der Waals surface area contributed by atoms with E-state index in [0.29, 0.717) is 5.41 Å². The summed E-state index contributed by atoms with van der Waals surface area (Å²) >= 11 is 3.51. The molecule has 2 fully saturated rings. The van der Waals surface area contributed by atoms with Crippen molar-refractivity contribution in [3.8, 4) is 0 Å². The van der Waals surface area contributed by atoms with Crippen LogP contribution >= 0.6 is 15.9 Å². The van der Waals surface area contributed by atoms with E-state index >= 15 is 0 Å². The van der Waals surface area contributed by atoms with Crippen molar-refractivity contribution in [3.63, 3.8) is 0 Å². The van der Waals surface area contributed by atoms with E-state index in [4.69, 9.17) is 4.74 Å². The molecule has 2 heteroatoms. The van der Waals surface area contributed by atoms with Gasteiger partial charge in [0.05, 0.1) is 6.61 Å². The van der Waals surface area contributed by atoms with Crippen LogP contribution in [-0.4, -0.2) is 18.5 Å². The zero-order chi connectivity index (χ0) is 6.32. The van der Waals surface area contributed by atoms with E-state index in [9.17, 15) is 0 Å². The van der Waals surface area contributed by atoms with Gasteiger partial charge in [-0.15, -0.1) is 0 Å². The predicted octanol–water partition coefficient (Wildman–Crippen LogP) is 1.81. The van der Waals surface area contributed by atoms with Crippen molar-refractivity contribution in [1.29, 1.82) is 0 Å². The number of ether oxygens (including phenoxy) is 1. The molecule has 1 spiro atoms. The molecule has 0 aromatic rings. The first-order chi connectivity index (χ1) is 4.37. The SMILES string of the molecule is BrC[C@H]1C[C@@]12CCOC2. The maximum absolute atomic E-state index is 5.33. The summed E-state index contributed by atoms with van der Waals surface area (Å²) in [4.78, 5) is 0. The summed E-state index contributed by atoms with van der Waals surface area (Å²) in [5.74, 6) is 0.931. The highest BCUT2D eigenvalue weighted by Crippen LogP contribution is 2.58. The highest BCUT2D eigenvalue weighted by molar-refractivity contribution is 9.09. The quantitative estimate of drug-likeness (QED) is 0.574. The summed E-state index contributed by atoms with van der Waals surface area (Å²) in [7, 11) is 0. The number of halogens is 1. The van der Waals surface area contributed by atoms with Crippen LogP contribution in [-0.2, 0) is 4.74 Å². The maximum Gasteiger partial charge on any atom is 0.0526 e. The van der Waals surface area contributed by atoms with Crippen LogP contribution in [0.4, 0.5) is 0 Å². The fourth-order valence-corrected chi connectivity index (χ4v) is 2.67. The second kappa shape index (κ2) is 1.96. The third-order valence-electron chi connectivity index (χ3n) is 2.68. The van der Waals surface area contributed by atoms with Gasteiger partial charge in [-0.05, 0) is 24.2 Å². The van der Waals surface area contributed by atoms with E-state index in [1.807, 2.05) is 0 Å². The second-order valence-corrected chi connectivity index (χ2v) is 3.87. The lowest BCUT2D eigenvalue weighted by molar-refractivity contribution is 0.179.